The van der Waals surface area contributed by atoms with Crippen molar-refractivity contribution in [1.29, 1.82) is 0 Å². The van der Waals surface area contributed by atoms with Crippen LogP contribution in [0.2, 0.25) is 0 Å². The van der Waals surface area contributed by atoms with Crippen molar-refractivity contribution < 1.29 is 14.3 Å². The number of likely N-dealkylation sites (N-methyl/N-ethyl adjacent to an activating group) is 1. The van der Waals surface area contributed by atoms with E-state index < -0.39 is 6.04 Å². The average Bonchev–Trinajstić information content (AvgIpc) is 3.32. The van der Waals surface area contributed by atoms with E-state index in [9.17, 15) is 9.90 Å². The molecule has 11 heteroatoms. The van der Waals surface area contributed by atoms with E-state index in [4.69, 9.17) is 4.42 Å². The monoisotopic (exact) mass is 478 g/mol. The largest absolute Gasteiger partial charge is 0.406 e. The summed E-state index contributed by atoms with van der Waals surface area (Å²) in [5.74, 6) is 0.531. The first-order chi connectivity index (χ1) is 17.1. The first kappa shape index (κ1) is 23.2. The number of aliphatic hydroxyl groups is 1. The predicted octanol–water partition coefficient (Wildman–Crippen LogP) is 2.10. The molecule has 0 aliphatic carbocycles. The zero-order valence-corrected chi connectivity index (χ0v) is 19.7. The van der Waals surface area contributed by atoms with E-state index in [1.807, 2.05) is 30.3 Å². The summed E-state index contributed by atoms with van der Waals surface area (Å²) in [7, 11) is 2.11. The van der Waals surface area contributed by atoms with E-state index >= 15 is 0 Å². The number of carbonyl (C=O) groups is 1. The number of nitrogens with one attached hydrogen (secondary N) is 3. The van der Waals surface area contributed by atoms with Gasteiger partial charge in [-0.2, -0.15) is 0 Å². The van der Waals surface area contributed by atoms with Gasteiger partial charge in [0.2, 0.25) is 5.89 Å². The minimum absolute atomic E-state index is 0.0143. The molecule has 2 aliphatic rings. The first-order valence-electron chi connectivity index (χ1n) is 11.8. The van der Waals surface area contributed by atoms with Gasteiger partial charge in [0, 0.05) is 51.0 Å². The number of piperazine rings is 1. The molecule has 11 nitrogen and oxygen atoms in total. The van der Waals surface area contributed by atoms with Crippen LogP contribution in [-0.4, -0.2) is 82.2 Å². The Bertz CT molecular complexity index is 1160. The average molecular weight is 479 g/mol. The van der Waals surface area contributed by atoms with Gasteiger partial charge >= 0.3 is 6.01 Å². The molecule has 1 saturated heterocycles. The summed E-state index contributed by atoms with van der Waals surface area (Å²) in [6, 6.07) is 9.00. The third-order valence-electron chi connectivity index (χ3n) is 6.36. The van der Waals surface area contributed by atoms with Crippen LogP contribution in [-0.2, 0) is 6.54 Å². The van der Waals surface area contributed by atoms with E-state index in [0.717, 1.165) is 31.9 Å². The van der Waals surface area contributed by atoms with Gasteiger partial charge < -0.3 is 30.4 Å². The second kappa shape index (κ2) is 10.4. The van der Waals surface area contributed by atoms with Crippen molar-refractivity contribution in [1.82, 2.24) is 25.0 Å². The molecule has 1 atom stereocenters. The summed E-state index contributed by atoms with van der Waals surface area (Å²) < 4.78 is 5.90. The van der Waals surface area contributed by atoms with E-state index in [2.05, 4.69) is 48.0 Å². The topological polar surface area (TPSA) is 132 Å². The number of fused-ring (bicyclic) bond motifs is 1. The van der Waals surface area contributed by atoms with E-state index in [-0.39, 0.29) is 18.4 Å². The summed E-state index contributed by atoms with van der Waals surface area (Å²) in [4.78, 5) is 21.8. The fourth-order valence-corrected chi connectivity index (χ4v) is 4.38. The number of anilines is 4. The van der Waals surface area contributed by atoms with Crippen molar-refractivity contribution in [3.05, 3.63) is 53.7 Å². The summed E-state index contributed by atoms with van der Waals surface area (Å²) in [6.07, 6.45) is 2.06. The second-order valence-corrected chi connectivity index (χ2v) is 8.85. The van der Waals surface area contributed by atoms with Crippen molar-refractivity contribution in [3.63, 3.8) is 0 Å². The third kappa shape index (κ3) is 5.26. The molecule has 1 aromatic carbocycles. The van der Waals surface area contributed by atoms with Crippen LogP contribution in [0.15, 0.2) is 40.9 Å². The van der Waals surface area contributed by atoms with Crippen LogP contribution in [0.4, 0.5) is 23.1 Å². The zero-order chi connectivity index (χ0) is 24.2. The molecule has 2 aromatic heterocycles. The number of hydrogen-bond donors (Lipinski definition) is 4. The van der Waals surface area contributed by atoms with Gasteiger partial charge in [-0.05, 0) is 31.3 Å². The van der Waals surface area contributed by atoms with Gasteiger partial charge in [0.1, 0.15) is 0 Å². The fourth-order valence-electron chi connectivity index (χ4n) is 4.38. The summed E-state index contributed by atoms with van der Waals surface area (Å²) in [6.45, 7) is 4.88. The SMILES string of the molecule is CN1CCN(Cc2nnc(Nc3c(NC(CO)c4ccccn4)ccc4c3C(=O)CCN4)o2)CC1. The van der Waals surface area contributed by atoms with Crippen LogP contribution in [0.25, 0.3) is 0 Å². The maximum absolute atomic E-state index is 12.9. The lowest BCUT2D eigenvalue weighted by Crippen LogP contribution is -2.43. The number of aromatic nitrogens is 3. The lowest BCUT2D eigenvalue weighted by atomic mass is 9.98. The molecule has 0 saturated carbocycles. The molecule has 1 fully saturated rings. The molecule has 4 heterocycles. The summed E-state index contributed by atoms with van der Waals surface area (Å²) in [5, 5.41) is 28.2. The molecule has 0 amide bonds. The van der Waals surface area contributed by atoms with Gasteiger partial charge in [0.15, 0.2) is 5.78 Å². The molecule has 1 unspecified atom stereocenters. The van der Waals surface area contributed by atoms with Gasteiger partial charge in [0.05, 0.1) is 41.8 Å². The molecular formula is C24H30N8O3. The van der Waals surface area contributed by atoms with Gasteiger partial charge in [-0.1, -0.05) is 11.2 Å². The Labute approximate surface area is 203 Å². The van der Waals surface area contributed by atoms with Crippen molar-refractivity contribution in [2.24, 2.45) is 0 Å². The van der Waals surface area contributed by atoms with Crippen LogP contribution in [0.1, 0.15) is 34.4 Å². The Morgan fingerprint density at radius 3 is 2.80 bits per heavy atom. The van der Waals surface area contributed by atoms with Crippen molar-refractivity contribution >= 4 is 28.9 Å². The standard InChI is InChI=1S/C24H30N8O3/c1-31-10-12-32(13-11-31)14-21-29-30-24(35-21)28-23-18(6-5-17-22(23)20(34)7-9-26-17)27-19(15-33)16-4-2-3-8-25-16/h2-6,8,19,26-27,33H,7,9-15H2,1H3,(H,28,30). The highest BCUT2D eigenvalue weighted by Gasteiger charge is 2.26. The van der Waals surface area contributed by atoms with Crippen LogP contribution < -0.4 is 16.0 Å². The number of pyridine rings is 1. The smallest absolute Gasteiger partial charge is 0.320 e. The van der Waals surface area contributed by atoms with Crippen LogP contribution in [0.5, 0.6) is 0 Å². The molecule has 5 rings (SSSR count). The van der Waals surface area contributed by atoms with Crippen LogP contribution >= 0.6 is 0 Å². The van der Waals surface area contributed by atoms with Gasteiger partial charge in [-0.25, -0.2) is 0 Å². The molecule has 0 radical (unpaired) electrons. The Morgan fingerprint density at radius 2 is 2.03 bits per heavy atom. The lowest BCUT2D eigenvalue weighted by molar-refractivity contribution is 0.0984. The molecule has 2 aliphatic heterocycles. The van der Waals surface area contributed by atoms with Crippen molar-refractivity contribution in [2.45, 2.75) is 19.0 Å². The Hall–Kier alpha value is -3.54. The third-order valence-corrected chi connectivity index (χ3v) is 6.36. The highest BCUT2D eigenvalue weighted by molar-refractivity contribution is 6.10. The Morgan fingerprint density at radius 1 is 1.17 bits per heavy atom. The van der Waals surface area contributed by atoms with E-state index in [1.54, 1.807) is 6.20 Å². The molecular weight excluding hydrogens is 448 g/mol. The van der Waals surface area contributed by atoms with Crippen LogP contribution in [0, 0.1) is 0 Å². The second-order valence-electron chi connectivity index (χ2n) is 8.85. The molecule has 184 valence electrons. The number of rotatable bonds is 8. The fraction of sp³-hybridized carbons (Fsp3) is 0.417. The normalized spacial score (nSPS) is 17.5. The number of Topliss-reactive ketones (excluding diaryl/α,β-unsaturated/α-hetero) is 1. The van der Waals surface area contributed by atoms with E-state index in [0.29, 0.717) is 48.0 Å². The molecule has 0 spiro atoms. The van der Waals surface area contributed by atoms with Gasteiger partial charge in [-0.3, -0.25) is 14.7 Å². The number of aliphatic hydroxyl groups excluding tert-OH is 1. The quantitative estimate of drug-likeness (QED) is 0.379. The van der Waals surface area contributed by atoms with Gasteiger partial charge in [-0.15, -0.1) is 5.10 Å². The maximum atomic E-state index is 12.9. The number of hydrogen-bond acceptors (Lipinski definition) is 11. The Balaban J connectivity index is 1.41. The number of carbonyl (C=O) groups excluding carboxylic acids is 1. The van der Waals surface area contributed by atoms with Gasteiger partial charge in [0.25, 0.3) is 0 Å². The predicted molar refractivity (Wildman–Crippen MR) is 132 cm³/mol. The number of benzene rings is 1. The zero-order valence-electron chi connectivity index (χ0n) is 19.7. The minimum Gasteiger partial charge on any atom is -0.406 e. The van der Waals surface area contributed by atoms with Crippen LogP contribution in [0.3, 0.4) is 0 Å². The summed E-state index contributed by atoms with van der Waals surface area (Å²) >= 11 is 0. The minimum atomic E-state index is -0.461. The highest BCUT2D eigenvalue weighted by Crippen LogP contribution is 2.38. The number of nitrogens with zero attached hydrogens (tertiary/aromatic N) is 5. The number of ketones is 1. The Kier molecular flexibility index (Phi) is 6.89. The molecule has 3 aromatic rings. The van der Waals surface area contributed by atoms with Crippen molar-refractivity contribution in [2.75, 3.05) is 62.3 Å². The highest BCUT2D eigenvalue weighted by atomic mass is 16.4. The first-order valence-corrected chi connectivity index (χ1v) is 11.8. The molecule has 35 heavy (non-hydrogen) atoms. The lowest BCUT2D eigenvalue weighted by Gasteiger charge is -2.31. The van der Waals surface area contributed by atoms with E-state index in [1.165, 1.54) is 0 Å². The summed E-state index contributed by atoms with van der Waals surface area (Å²) in [5.41, 5.74) is 3.12. The molecule has 4 N–H and O–H groups in total. The molecule has 0 bridgehead atoms. The maximum Gasteiger partial charge on any atom is 0.320 e. The van der Waals surface area contributed by atoms with Crippen molar-refractivity contribution in [3.8, 4) is 0 Å².